The van der Waals surface area contributed by atoms with E-state index in [1.54, 1.807) is 48.5 Å². The van der Waals surface area contributed by atoms with E-state index >= 15 is 0 Å². The Morgan fingerprint density at radius 3 is 2.12 bits per heavy atom. The van der Waals surface area contributed by atoms with Crippen LogP contribution in [0.5, 0.6) is 0 Å². The lowest BCUT2D eigenvalue weighted by atomic mass is 10.1. The first-order chi connectivity index (χ1) is 12.6. The molecule has 26 heavy (non-hydrogen) atoms. The molecule has 0 atom stereocenters. The molecule has 0 spiro atoms. The number of Topliss-reactive ketones (excluding diaryl/α,β-unsaturated/α-hetero) is 1. The van der Waals surface area contributed by atoms with Crippen molar-refractivity contribution in [2.45, 2.75) is 25.7 Å². The van der Waals surface area contributed by atoms with Crippen LogP contribution in [-0.2, 0) is 4.79 Å². The number of benzene rings is 2. The third-order valence-corrected chi connectivity index (χ3v) is 4.48. The van der Waals surface area contributed by atoms with Crippen molar-refractivity contribution in [2.24, 2.45) is 0 Å². The Labute approximate surface area is 153 Å². The molecule has 0 bridgehead atoms. The van der Waals surface area contributed by atoms with Crippen molar-refractivity contribution in [2.75, 3.05) is 18.4 Å². The Morgan fingerprint density at radius 1 is 0.808 bits per heavy atom. The monoisotopic (exact) mass is 350 g/mol. The number of hydrogen-bond acceptors (Lipinski definition) is 3. The van der Waals surface area contributed by atoms with E-state index in [9.17, 15) is 14.4 Å². The van der Waals surface area contributed by atoms with E-state index in [0.717, 1.165) is 25.9 Å². The molecule has 1 N–H and O–H groups in total. The third-order valence-electron chi connectivity index (χ3n) is 4.48. The summed E-state index contributed by atoms with van der Waals surface area (Å²) in [5, 5.41) is 2.77. The predicted octanol–water partition coefficient (Wildman–Crippen LogP) is 3.52. The first kappa shape index (κ1) is 17.9. The molecule has 0 unspecified atom stereocenters. The number of nitrogens with zero attached hydrogens (tertiary/aromatic N) is 1. The lowest BCUT2D eigenvalue weighted by Gasteiger charge is -2.15. The van der Waals surface area contributed by atoms with Gasteiger partial charge >= 0.3 is 0 Å². The lowest BCUT2D eigenvalue weighted by Crippen LogP contribution is -2.27. The van der Waals surface area contributed by atoms with E-state index in [4.69, 9.17) is 0 Å². The van der Waals surface area contributed by atoms with Crippen molar-refractivity contribution in [3.8, 4) is 0 Å². The summed E-state index contributed by atoms with van der Waals surface area (Å²) in [6.45, 7) is 1.62. The van der Waals surface area contributed by atoms with Crippen LogP contribution in [0.25, 0.3) is 0 Å². The fourth-order valence-electron chi connectivity index (χ4n) is 3.02. The average Bonchev–Trinajstić information content (AvgIpc) is 3.21. The number of anilines is 1. The lowest BCUT2D eigenvalue weighted by molar-refractivity contribution is -0.116. The molecule has 5 nitrogen and oxygen atoms in total. The van der Waals surface area contributed by atoms with Crippen LogP contribution in [0.3, 0.4) is 0 Å². The summed E-state index contributed by atoms with van der Waals surface area (Å²) in [7, 11) is 0. The average molecular weight is 350 g/mol. The molecule has 1 saturated heterocycles. The Bertz CT molecular complexity index is 779. The zero-order valence-corrected chi connectivity index (χ0v) is 14.6. The second-order valence-corrected chi connectivity index (χ2v) is 6.41. The molecule has 5 heteroatoms. The highest BCUT2D eigenvalue weighted by molar-refractivity contribution is 6.00. The number of nitrogens with one attached hydrogen (secondary N) is 1. The van der Waals surface area contributed by atoms with Gasteiger partial charge in [0.2, 0.25) is 5.91 Å². The molecule has 134 valence electrons. The van der Waals surface area contributed by atoms with Crippen LogP contribution in [-0.4, -0.2) is 35.6 Å². The van der Waals surface area contributed by atoms with Crippen LogP contribution < -0.4 is 5.32 Å². The smallest absolute Gasteiger partial charge is 0.253 e. The van der Waals surface area contributed by atoms with E-state index in [2.05, 4.69) is 5.32 Å². The van der Waals surface area contributed by atoms with Gasteiger partial charge < -0.3 is 10.2 Å². The number of ketones is 1. The van der Waals surface area contributed by atoms with Crippen LogP contribution in [0, 0.1) is 0 Å². The fraction of sp³-hybridized carbons (Fsp3) is 0.286. The van der Waals surface area contributed by atoms with E-state index in [0.29, 0.717) is 16.8 Å². The minimum absolute atomic E-state index is 0.0360. The molecule has 1 aliphatic rings. The van der Waals surface area contributed by atoms with Gasteiger partial charge in [0.05, 0.1) is 0 Å². The summed E-state index contributed by atoms with van der Waals surface area (Å²) in [6.07, 6.45) is 2.41. The van der Waals surface area contributed by atoms with E-state index in [1.165, 1.54) is 0 Å². The van der Waals surface area contributed by atoms with Crippen molar-refractivity contribution in [3.05, 3.63) is 65.7 Å². The SMILES string of the molecule is O=C(CCC(=O)c1ccccc1)Nc1ccc(C(=O)N2CCCC2)cc1. The summed E-state index contributed by atoms with van der Waals surface area (Å²) in [5.41, 5.74) is 1.87. The topological polar surface area (TPSA) is 66.5 Å². The summed E-state index contributed by atoms with van der Waals surface area (Å²) < 4.78 is 0. The van der Waals surface area contributed by atoms with E-state index < -0.39 is 0 Å². The largest absolute Gasteiger partial charge is 0.339 e. The van der Waals surface area contributed by atoms with Crippen molar-refractivity contribution < 1.29 is 14.4 Å². The normalized spacial score (nSPS) is 13.5. The minimum Gasteiger partial charge on any atom is -0.339 e. The minimum atomic E-state index is -0.215. The second kappa shape index (κ2) is 8.43. The molecule has 3 rings (SSSR count). The van der Waals surface area contributed by atoms with Gasteiger partial charge in [-0.25, -0.2) is 0 Å². The van der Waals surface area contributed by atoms with Gasteiger partial charge in [-0.1, -0.05) is 30.3 Å². The van der Waals surface area contributed by atoms with Crippen molar-refractivity contribution in [1.29, 1.82) is 0 Å². The Balaban J connectivity index is 1.50. The zero-order chi connectivity index (χ0) is 18.4. The van der Waals surface area contributed by atoms with E-state index in [1.807, 2.05) is 11.0 Å². The fourth-order valence-corrected chi connectivity index (χ4v) is 3.02. The Kier molecular flexibility index (Phi) is 5.79. The van der Waals surface area contributed by atoms with Crippen molar-refractivity contribution in [1.82, 2.24) is 4.90 Å². The summed E-state index contributed by atoms with van der Waals surface area (Å²) >= 11 is 0. The molecule has 0 saturated carbocycles. The molecule has 1 aliphatic heterocycles. The highest BCUT2D eigenvalue weighted by atomic mass is 16.2. The van der Waals surface area contributed by atoms with Gasteiger partial charge in [-0.2, -0.15) is 0 Å². The quantitative estimate of drug-likeness (QED) is 0.811. The van der Waals surface area contributed by atoms with Gasteiger partial charge in [0, 0.05) is 42.7 Å². The number of likely N-dealkylation sites (tertiary alicyclic amines) is 1. The molecule has 0 aliphatic carbocycles. The molecule has 2 aromatic rings. The van der Waals surface area contributed by atoms with Crippen LogP contribution in [0.2, 0.25) is 0 Å². The van der Waals surface area contributed by atoms with E-state index in [-0.39, 0.29) is 30.4 Å². The molecule has 1 heterocycles. The summed E-state index contributed by atoms with van der Waals surface area (Å²) in [6, 6.07) is 15.8. The van der Waals surface area contributed by atoms with Gasteiger partial charge in [-0.3, -0.25) is 14.4 Å². The maximum absolute atomic E-state index is 12.3. The Hall–Kier alpha value is -2.95. The standard InChI is InChI=1S/C21H22N2O3/c24-19(16-6-2-1-3-7-16)12-13-20(25)22-18-10-8-17(9-11-18)21(26)23-14-4-5-15-23/h1-3,6-11H,4-5,12-15H2,(H,22,25). The first-order valence-electron chi connectivity index (χ1n) is 8.91. The number of amides is 2. The van der Waals surface area contributed by atoms with Gasteiger partial charge in [0.1, 0.15) is 0 Å². The number of rotatable bonds is 6. The molecule has 0 radical (unpaired) electrons. The first-order valence-corrected chi connectivity index (χ1v) is 8.91. The zero-order valence-electron chi connectivity index (χ0n) is 14.6. The summed E-state index contributed by atoms with van der Waals surface area (Å²) in [5.74, 6) is -0.228. The third kappa shape index (κ3) is 4.57. The highest BCUT2D eigenvalue weighted by Gasteiger charge is 2.19. The van der Waals surface area contributed by atoms with Crippen LogP contribution in [0.15, 0.2) is 54.6 Å². The molecular formula is C21H22N2O3. The van der Waals surface area contributed by atoms with Gasteiger partial charge in [0.15, 0.2) is 5.78 Å². The van der Waals surface area contributed by atoms with Gasteiger partial charge in [-0.05, 0) is 37.1 Å². The van der Waals surface area contributed by atoms with Crippen LogP contribution >= 0.6 is 0 Å². The maximum Gasteiger partial charge on any atom is 0.253 e. The molecular weight excluding hydrogens is 328 g/mol. The number of hydrogen-bond donors (Lipinski definition) is 1. The molecule has 1 fully saturated rings. The van der Waals surface area contributed by atoms with Crippen LogP contribution in [0.4, 0.5) is 5.69 Å². The molecule has 0 aromatic heterocycles. The second-order valence-electron chi connectivity index (χ2n) is 6.41. The Morgan fingerprint density at radius 2 is 1.46 bits per heavy atom. The van der Waals surface area contributed by atoms with Gasteiger partial charge in [0.25, 0.3) is 5.91 Å². The van der Waals surface area contributed by atoms with Crippen LogP contribution in [0.1, 0.15) is 46.4 Å². The molecule has 2 amide bonds. The van der Waals surface area contributed by atoms with Crippen molar-refractivity contribution in [3.63, 3.8) is 0 Å². The molecule has 2 aromatic carbocycles. The number of carbonyl (C=O) groups excluding carboxylic acids is 3. The highest BCUT2D eigenvalue weighted by Crippen LogP contribution is 2.16. The number of carbonyl (C=O) groups is 3. The summed E-state index contributed by atoms with van der Waals surface area (Å²) in [4.78, 5) is 38.2. The maximum atomic E-state index is 12.3. The predicted molar refractivity (Wildman–Crippen MR) is 100 cm³/mol. The van der Waals surface area contributed by atoms with Gasteiger partial charge in [-0.15, -0.1) is 0 Å². The van der Waals surface area contributed by atoms with Crippen molar-refractivity contribution >= 4 is 23.3 Å².